The van der Waals surface area contributed by atoms with Gasteiger partial charge in [0.15, 0.2) is 0 Å². The van der Waals surface area contributed by atoms with Gasteiger partial charge in [0.05, 0.1) is 59.3 Å². The maximum absolute atomic E-state index is 11.4. The Balaban J connectivity index is 3.17. The summed E-state index contributed by atoms with van der Waals surface area (Å²) in [7, 11) is 4.02. The van der Waals surface area contributed by atoms with Gasteiger partial charge in [0, 0.05) is 6.54 Å². The molecule has 0 aromatic heterocycles. The fraction of sp³-hybridized carbons (Fsp3) is 0.941. The minimum Gasteiger partial charge on any atom is -0.460 e. The highest BCUT2D eigenvalue weighted by atomic mass is 16.6. The van der Waals surface area contributed by atoms with Gasteiger partial charge < -0.3 is 28.6 Å². The number of hydrogen-bond donors (Lipinski definition) is 0. The van der Waals surface area contributed by atoms with Crippen molar-refractivity contribution in [1.82, 2.24) is 4.90 Å². The summed E-state index contributed by atoms with van der Waals surface area (Å²) in [5.74, 6) is -0.246. The SMILES string of the molecule is CN(C)CCOCCOCCOCCOCCC(=O)OC(C)(C)C. The topological polar surface area (TPSA) is 66.5 Å². The highest BCUT2D eigenvalue weighted by molar-refractivity contribution is 5.69. The number of carbonyl (C=O) groups excluding carboxylic acids is 1. The van der Waals surface area contributed by atoms with Crippen LogP contribution in [0.1, 0.15) is 27.2 Å². The normalized spacial score (nSPS) is 11.9. The summed E-state index contributed by atoms with van der Waals surface area (Å²) >= 11 is 0. The molecular weight excluding hydrogens is 314 g/mol. The van der Waals surface area contributed by atoms with Crippen molar-refractivity contribution >= 4 is 5.97 Å². The van der Waals surface area contributed by atoms with Crippen molar-refractivity contribution in [2.24, 2.45) is 0 Å². The Bertz CT molecular complexity index is 304. The van der Waals surface area contributed by atoms with Gasteiger partial charge in [-0.05, 0) is 34.9 Å². The highest BCUT2D eigenvalue weighted by Gasteiger charge is 2.15. The van der Waals surface area contributed by atoms with E-state index < -0.39 is 5.60 Å². The maximum atomic E-state index is 11.4. The van der Waals surface area contributed by atoms with Gasteiger partial charge >= 0.3 is 5.97 Å². The van der Waals surface area contributed by atoms with Crippen LogP contribution in [0.2, 0.25) is 0 Å². The molecule has 0 heterocycles. The van der Waals surface area contributed by atoms with Gasteiger partial charge in [-0.3, -0.25) is 4.79 Å². The first-order valence-electron chi connectivity index (χ1n) is 8.49. The number of carbonyl (C=O) groups is 1. The van der Waals surface area contributed by atoms with E-state index in [9.17, 15) is 4.79 Å². The van der Waals surface area contributed by atoms with Crippen molar-refractivity contribution in [3.8, 4) is 0 Å². The van der Waals surface area contributed by atoms with Crippen LogP contribution >= 0.6 is 0 Å². The van der Waals surface area contributed by atoms with E-state index >= 15 is 0 Å². The van der Waals surface area contributed by atoms with Gasteiger partial charge in [-0.2, -0.15) is 0 Å². The van der Waals surface area contributed by atoms with Crippen molar-refractivity contribution in [3.63, 3.8) is 0 Å². The van der Waals surface area contributed by atoms with Crippen LogP contribution in [0, 0.1) is 0 Å². The predicted molar refractivity (Wildman–Crippen MR) is 92.3 cm³/mol. The van der Waals surface area contributed by atoms with Crippen LogP contribution in [0.4, 0.5) is 0 Å². The third kappa shape index (κ3) is 19.3. The average Bonchev–Trinajstić information content (AvgIpc) is 2.45. The molecule has 0 aromatic rings. The molecule has 0 amide bonds. The Kier molecular flexibility index (Phi) is 14.2. The first-order chi connectivity index (χ1) is 11.3. The number of ether oxygens (including phenoxy) is 5. The molecule has 0 aliphatic carbocycles. The Morgan fingerprint density at radius 2 is 1.17 bits per heavy atom. The minimum atomic E-state index is -0.447. The van der Waals surface area contributed by atoms with Crippen LogP contribution in [-0.2, 0) is 28.5 Å². The van der Waals surface area contributed by atoms with Crippen LogP contribution < -0.4 is 0 Å². The highest BCUT2D eigenvalue weighted by Crippen LogP contribution is 2.07. The summed E-state index contributed by atoms with van der Waals surface area (Å²) in [5.41, 5.74) is -0.447. The monoisotopic (exact) mass is 349 g/mol. The molecule has 0 saturated heterocycles. The van der Waals surface area contributed by atoms with Gasteiger partial charge in [-0.15, -0.1) is 0 Å². The van der Waals surface area contributed by atoms with Crippen LogP contribution in [0.15, 0.2) is 0 Å². The quantitative estimate of drug-likeness (QED) is 0.326. The van der Waals surface area contributed by atoms with E-state index in [2.05, 4.69) is 4.90 Å². The van der Waals surface area contributed by atoms with Crippen molar-refractivity contribution in [3.05, 3.63) is 0 Å². The van der Waals surface area contributed by atoms with Crippen molar-refractivity contribution in [2.45, 2.75) is 32.8 Å². The van der Waals surface area contributed by atoms with Gasteiger partial charge in [0.1, 0.15) is 5.60 Å². The van der Waals surface area contributed by atoms with Crippen molar-refractivity contribution in [1.29, 1.82) is 0 Å². The molecule has 24 heavy (non-hydrogen) atoms. The molecule has 7 nitrogen and oxygen atoms in total. The lowest BCUT2D eigenvalue weighted by Gasteiger charge is -2.19. The zero-order valence-electron chi connectivity index (χ0n) is 16.0. The van der Waals surface area contributed by atoms with Crippen LogP contribution in [0.3, 0.4) is 0 Å². The third-order valence-electron chi connectivity index (χ3n) is 2.67. The summed E-state index contributed by atoms with van der Waals surface area (Å²) in [4.78, 5) is 13.5. The molecule has 0 fully saturated rings. The molecule has 0 atom stereocenters. The Morgan fingerprint density at radius 1 is 0.750 bits per heavy atom. The van der Waals surface area contributed by atoms with Crippen molar-refractivity contribution < 1.29 is 28.5 Å². The second-order valence-electron chi connectivity index (χ2n) is 6.59. The Morgan fingerprint density at radius 3 is 1.58 bits per heavy atom. The molecule has 0 aromatic carbocycles. The zero-order valence-corrected chi connectivity index (χ0v) is 16.0. The Labute approximate surface area is 146 Å². The second-order valence-corrected chi connectivity index (χ2v) is 6.59. The van der Waals surface area contributed by atoms with Gasteiger partial charge in [0.25, 0.3) is 0 Å². The largest absolute Gasteiger partial charge is 0.460 e. The molecule has 0 radical (unpaired) electrons. The van der Waals surface area contributed by atoms with E-state index in [-0.39, 0.29) is 12.4 Å². The molecule has 0 spiro atoms. The fourth-order valence-electron chi connectivity index (χ4n) is 1.56. The summed E-state index contributed by atoms with van der Waals surface area (Å²) in [5, 5.41) is 0. The smallest absolute Gasteiger partial charge is 0.308 e. The Hall–Kier alpha value is -0.730. The summed E-state index contributed by atoms with van der Waals surface area (Å²) in [6, 6.07) is 0. The molecule has 0 bridgehead atoms. The molecule has 0 saturated carbocycles. The summed E-state index contributed by atoms with van der Waals surface area (Å²) in [6.07, 6.45) is 0.258. The van der Waals surface area contributed by atoms with E-state index in [1.54, 1.807) is 0 Å². The number of hydrogen-bond acceptors (Lipinski definition) is 7. The van der Waals surface area contributed by atoms with Gasteiger partial charge in [-0.25, -0.2) is 0 Å². The minimum absolute atomic E-state index is 0.246. The molecular formula is C17H35NO6. The fourth-order valence-corrected chi connectivity index (χ4v) is 1.56. The lowest BCUT2D eigenvalue weighted by atomic mass is 10.2. The van der Waals surface area contributed by atoms with Crippen LogP contribution in [-0.4, -0.2) is 90.0 Å². The molecule has 0 aliphatic heterocycles. The zero-order chi connectivity index (χ0) is 18.3. The lowest BCUT2D eigenvalue weighted by Crippen LogP contribution is -2.24. The number of likely N-dealkylation sites (N-methyl/N-ethyl adjacent to an activating group) is 1. The molecule has 0 aliphatic rings. The molecule has 144 valence electrons. The maximum Gasteiger partial charge on any atom is 0.308 e. The van der Waals surface area contributed by atoms with Crippen molar-refractivity contribution in [2.75, 3.05) is 73.5 Å². The second kappa shape index (κ2) is 14.6. The number of rotatable bonds is 15. The number of nitrogens with zero attached hydrogens (tertiary/aromatic N) is 1. The van der Waals surface area contributed by atoms with E-state index in [0.29, 0.717) is 52.9 Å². The number of esters is 1. The van der Waals surface area contributed by atoms with Crippen LogP contribution in [0.5, 0.6) is 0 Å². The van der Waals surface area contributed by atoms with Crippen LogP contribution in [0.25, 0.3) is 0 Å². The molecule has 0 rings (SSSR count). The standard InChI is InChI=1S/C17H35NO6/c1-17(2,3)24-16(19)6-8-20-10-12-22-14-15-23-13-11-21-9-7-18(4)5/h6-15H2,1-5H3. The van der Waals surface area contributed by atoms with Gasteiger partial charge in [0.2, 0.25) is 0 Å². The third-order valence-corrected chi connectivity index (χ3v) is 2.67. The van der Waals surface area contributed by atoms with E-state index in [1.165, 1.54) is 0 Å². The summed E-state index contributed by atoms with van der Waals surface area (Å²) < 4.78 is 26.6. The molecule has 7 heteroatoms. The molecule has 0 unspecified atom stereocenters. The first kappa shape index (κ1) is 23.3. The van der Waals surface area contributed by atoms with Gasteiger partial charge in [-0.1, -0.05) is 0 Å². The first-order valence-corrected chi connectivity index (χ1v) is 8.49. The van der Waals surface area contributed by atoms with E-state index in [1.807, 2.05) is 34.9 Å². The average molecular weight is 349 g/mol. The predicted octanol–water partition coefficient (Wildman–Crippen LogP) is 1.35. The lowest BCUT2D eigenvalue weighted by molar-refractivity contribution is -0.156. The summed E-state index contributed by atoms with van der Waals surface area (Å²) in [6.45, 7) is 10.7. The van der Waals surface area contributed by atoms with E-state index in [0.717, 1.165) is 6.54 Å². The van der Waals surface area contributed by atoms with E-state index in [4.69, 9.17) is 23.7 Å². The molecule has 0 N–H and O–H groups in total.